The molecule has 0 aliphatic carbocycles. The van der Waals surface area contributed by atoms with E-state index in [9.17, 15) is 14.7 Å². The minimum absolute atomic E-state index is 0.0202. The topological polar surface area (TPSA) is 70.5 Å². The third-order valence-corrected chi connectivity index (χ3v) is 3.58. The summed E-state index contributed by atoms with van der Waals surface area (Å²) in [7, 11) is 0. The van der Waals surface area contributed by atoms with Crippen molar-refractivity contribution in [3.8, 4) is 0 Å². The summed E-state index contributed by atoms with van der Waals surface area (Å²) in [4.78, 5) is 29.7. The van der Waals surface area contributed by atoms with Gasteiger partial charge in [-0.2, -0.15) is 0 Å². The normalized spacial score (nSPS) is 23.1. The van der Waals surface area contributed by atoms with Crippen LogP contribution in [0.2, 0.25) is 0 Å². The number of amides is 1. The molecule has 5 heteroatoms. The van der Waals surface area contributed by atoms with Gasteiger partial charge in [0.2, 0.25) is 5.91 Å². The number of aliphatic carboxylic acids is 1. The third kappa shape index (κ3) is 2.98. The third-order valence-electron chi connectivity index (χ3n) is 3.58. The van der Waals surface area contributed by atoms with Gasteiger partial charge < -0.3 is 10.0 Å². The maximum absolute atomic E-state index is 12.2. The second kappa shape index (κ2) is 6.03. The summed E-state index contributed by atoms with van der Waals surface area (Å²) in [6, 6.07) is 4.95. The van der Waals surface area contributed by atoms with Gasteiger partial charge >= 0.3 is 5.97 Å². The summed E-state index contributed by atoms with van der Waals surface area (Å²) in [6.45, 7) is 4.60. The molecule has 1 aromatic rings. The van der Waals surface area contributed by atoms with Crippen LogP contribution < -0.4 is 0 Å². The van der Waals surface area contributed by atoms with Crippen molar-refractivity contribution in [1.29, 1.82) is 0 Å². The zero-order chi connectivity index (χ0) is 14.7. The molecule has 2 heterocycles. The van der Waals surface area contributed by atoms with E-state index in [0.29, 0.717) is 25.1 Å². The number of aromatic nitrogens is 1. The van der Waals surface area contributed by atoms with E-state index in [-0.39, 0.29) is 11.8 Å². The first-order chi connectivity index (χ1) is 9.50. The number of carbonyl (C=O) groups excluding carboxylic acids is 1. The molecular weight excluding hydrogens is 256 g/mol. The molecule has 2 rings (SSSR count). The van der Waals surface area contributed by atoms with Crippen molar-refractivity contribution in [2.24, 2.45) is 11.8 Å². The van der Waals surface area contributed by atoms with Gasteiger partial charge in [0.25, 0.3) is 0 Å². The molecule has 0 bridgehead atoms. The standard InChI is InChI=1S/C15H20N2O3/c1-10(2)9-17-13(18)7-6-11(15(19)20)14(17)12-5-3-4-8-16-12/h3-5,8,10-11,14H,6-7,9H2,1-2H3,(H,19,20). The van der Waals surface area contributed by atoms with Gasteiger partial charge in [-0.25, -0.2) is 0 Å². The molecule has 2 unspecified atom stereocenters. The molecule has 1 N–H and O–H groups in total. The zero-order valence-electron chi connectivity index (χ0n) is 11.8. The monoisotopic (exact) mass is 276 g/mol. The van der Waals surface area contributed by atoms with E-state index in [1.807, 2.05) is 19.9 Å². The van der Waals surface area contributed by atoms with Crippen molar-refractivity contribution in [1.82, 2.24) is 9.88 Å². The molecule has 1 fully saturated rings. The molecule has 1 aliphatic heterocycles. The molecule has 1 aliphatic rings. The number of nitrogens with zero attached hydrogens (tertiary/aromatic N) is 2. The predicted octanol–water partition coefficient (Wildman–Crippen LogP) is 2.10. The van der Waals surface area contributed by atoms with E-state index in [1.54, 1.807) is 23.2 Å². The van der Waals surface area contributed by atoms with Crippen molar-refractivity contribution in [3.63, 3.8) is 0 Å². The maximum atomic E-state index is 12.2. The molecule has 108 valence electrons. The van der Waals surface area contributed by atoms with Crippen molar-refractivity contribution >= 4 is 11.9 Å². The molecule has 0 aromatic carbocycles. The molecule has 2 atom stereocenters. The van der Waals surface area contributed by atoms with Crippen LogP contribution in [0.25, 0.3) is 0 Å². The number of hydrogen-bond acceptors (Lipinski definition) is 3. The lowest BCUT2D eigenvalue weighted by Crippen LogP contribution is -2.47. The van der Waals surface area contributed by atoms with Crippen molar-refractivity contribution in [3.05, 3.63) is 30.1 Å². The quantitative estimate of drug-likeness (QED) is 0.914. The summed E-state index contributed by atoms with van der Waals surface area (Å²) in [5.41, 5.74) is 0.661. The van der Waals surface area contributed by atoms with E-state index in [1.165, 1.54) is 0 Å². The highest BCUT2D eigenvalue weighted by molar-refractivity contribution is 5.81. The van der Waals surface area contributed by atoms with Crippen LogP contribution in [-0.2, 0) is 9.59 Å². The van der Waals surface area contributed by atoms with Gasteiger partial charge in [-0.1, -0.05) is 19.9 Å². The highest BCUT2D eigenvalue weighted by Crippen LogP contribution is 2.36. The van der Waals surface area contributed by atoms with Crippen LogP contribution in [0.4, 0.5) is 0 Å². The Kier molecular flexibility index (Phi) is 4.37. The second-order valence-electron chi connectivity index (χ2n) is 5.62. The van der Waals surface area contributed by atoms with E-state index in [2.05, 4.69) is 4.98 Å². The molecule has 0 saturated carbocycles. The predicted molar refractivity (Wildman–Crippen MR) is 73.9 cm³/mol. The number of pyridine rings is 1. The summed E-state index contributed by atoms with van der Waals surface area (Å²) in [5, 5.41) is 9.44. The summed E-state index contributed by atoms with van der Waals surface area (Å²) >= 11 is 0. The van der Waals surface area contributed by atoms with Gasteiger partial charge in [0.15, 0.2) is 0 Å². The first-order valence-electron chi connectivity index (χ1n) is 6.94. The molecule has 0 radical (unpaired) electrons. The largest absolute Gasteiger partial charge is 0.481 e. The van der Waals surface area contributed by atoms with Gasteiger partial charge in [0.05, 0.1) is 17.7 Å². The van der Waals surface area contributed by atoms with Crippen LogP contribution in [0.1, 0.15) is 38.4 Å². The molecule has 20 heavy (non-hydrogen) atoms. The van der Waals surface area contributed by atoms with E-state index in [0.717, 1.165) is 0 Å². The zero-order valence-corrected chi connectivity index (χ0v) is 11.8. The number of rotatable bonds is 4. The highest BCUT2D eigenvalue weighted by Gasteiger charge is 2.41. The van der Waals surface area contributed by atoms with Gasteiger partial charge in [0.1, 0.15) is 0 Å². The minimum Gasteiger partial charge on any atom is -0.481 e. The van der Waals surface area contributed by atoms with Crippen LogP contribution in [0, 0.1) is 11.8 Å². The second-order valence-corrected chi connectivity index (χ2v) is 5.62. The average Bonchev–Trinajstić information content (AvgIpc) is 2.41. The van der Waals surface area contributed by atoms with E-state index < -0.39 is 17.9 Å². The smallest absolute Gasteiger partial charge is 0.309 e. The van der Waals surface area contributed by atoms with Crippen LogP contribution >= 0.6 is 0 Å². The maximum Gasteiger partial charge on any atom is 0.309 e. The molecule has 1 saturated heterocycles. The van der Waals surface area contributed by atoms with E-state index in [4.69, 9.17) is 0 Å². The average molecular weight is 276 g/mol. The molecule has 0 spiro atoms. The SMILES string of the molecule is CC(C)CN1C(=O)CCC(C(=O)O)C1c1ccccn1. The van der Waals surface area contributed by atoms with Crippen LogP contribution in [-0.4, -0.2) is 33.4 Å². The number of hydrogen-bond donors (Lipinski definition) is 1. The summed E-state index contributed by atoms with van der Waals surface area (Å²) < 4.78 is 0. The molecule has 5 nitrogen and oxygen atoms in total. The van der Waals surface area contributed by atoms with E-state index >= 15 is 0 Å². The number of carboxylic acid groups (broad SMARTS) is 1. The summed E-state index contributed by atoms with van der Waals surface area (Å²) in [6.07, 6.45) is 2.32. The fourth-order valence-corrected chi connectivity index (χ4v) is 2.74. The Labute approximate surface area is 118 Å². The number of likely N-dealkylation sites (tertiary alicyclic amines) is 1. The molecular formula is C15H20N2O3. The Balaban J connectivity index is 2.39. The van der Waals surface area contributed by atoms with Crippen molar-refractivity contribution in [2.75, 3.05) is 6.54 Å². The Bertz CT molecular complexity index is 487. The first kappa shape index (κ1) is 14.5. The minimum atomic E-state index is -0.859. The lowest BCUT2D eigenvalue weighted by atomic mass is 9.86. The Morgan fingerprint density at radius 3 is 2.80 bits per heavy atom. The van der Waals surface area contributed by atoms with Crippen LogP contribution in [0.15, 0.2) is 24.4 Å². The fourth-order valence-electron chi connectivity index (χ4n) is 2.74. The molecule has 1 aromatic heterocycles. The Morgan fingerprint density at radius 2 is 2.25 bits per heavy atom. The number of carboxylic acids is 1. The van der Waals surface area contributed by atoms with Crippen LogP contribution in [0.3, 0.4) is 0 Å². The first-order valence-corrected chi connectivity index (χ1v) is 6.94. The Hall–Kier alpha value is -1.91. The molecule has 1 amide bonds. The van der Waals surface area contributed by atoms with Crippen molar-refractivity contribution < 1.29 is 14.7 Å². The number of carbonyl (C=O) groups is 2. The Morgan fingerprint density at radius 1 is 1.50 bits per heavy atom. The van der Waals surface area contributed by atoms with Gasteiger partial charge in [-0.3, -0.25) is 14.6 Å². The lowest BCUT2D eigenvalue weighted by molar-refractivity contribution is -0.152. The fraction of sp³-hybridized carbons (Fsp3) is 0.533. The van der Waals surface area contributed by atoms with Gasteiger partial charge in [-0.15, -0.1) is 0 Å². The van der Waals surface area contributed by atoms with Gasteiger partial charge in [-0.05, 0) is 24.5 Å². The lowest BCUT2D eigenvalue weighted by Gasteiger charge is -2.40. The van der Waals surface area contributed by atoms with Crippen molar-refractivity contribution in [2.45, 2.75) is 32.7 Å². The highest BCUT2D eigenvalue weighted by atomic mass is 16.4. The summed E-state index contributed by atoms with van der Waals surface area (Å²) in [5.74, 6) is -1.13. The van der Waals surface area contributed by atoms with Crippen LogP contribution in [0.5, 0.6) is 0 Å². The number of piperidine rings is 1. The van der Waals surface area contributed by atoms with Gasteiger partial charge in [0, 0.05) is 19.2 Å².